The Hall–Kier alpha value is -3.50. The van der Waals surface area contributed by atoms with Crippen molar-refractivity contribution >= 4 is 11.7 Å². The predicted octanol–water partition coefficient (Wildman–Crippen LogP) is 3.76. The molecule has 11 heteroatoms. The number of aryl methyl sites for hydroxylation is 2. The number of hydrogen-bond acceptors (Lipinski definition) is 6. The Bertz CT molecular complexity index is 999. The summed E-state index contributed by atoms with van der Waals surface area (Å²) in [7, 11) is 0. The summed E-state index contributed by atoms with van der Waals surface area (Å²) in [5.41, 5.74) is -0.0681. The van der Waals surface area contributed by atoms with Crippen LogP contribution in [0.5, 0.6) is 0 Å². The van der Waals surface area contributed by atoms with Gasteiger partial charge in [-0.1, -0.05) is 0 Å². The number of amides is 1. The lowest BCUT2D eigenvalue weighted by Gasteiger charge is -2.09. The van der Waals surface area contributed by atoms with Crippen molar-refractivity contribution in [1.29, 1.82) is 0 Å². The molecular formula is C17H14F3N7O. The van der Waals surface area contributed by atoms with E-state index in [2.05, 4.69) is 30.3 Å². The Kier molecular flexibility index (Phi) is 5.52. The maximum Gasteiger partial charge on any atom is 0.416 e. The average Bonchev–Trinajstić information content (AvgIpc) is 3.13. The molecule has 0 N–H and O–H groups in total. The van der Waals surface area contributed by atoms with Crippen molar-refractivity contribution in [1.82, 2.24) is 24.7 Å². The number of rotatable bonds is 5. The summed E-state index contributed by atoms with van der Waals surface area (Å²) in [5, 5.41) is 11.3. The molecule has 1 amide bonds. The summed E-state index contributed by atoms with van der Waals surface area (Å²) in [6, 6.07) is 5.11. The number of aromatic nitrogens is 5. The molecule has 0 aliphatic carbocycles. The average molecular weight is 389 g/mol. The maximum atomic E-state index is 13.0. The van der Waals surface area contributed by atoms with E-state index in [1.165, 1.54) is 29.6 Å². The molecule has 0 radical (unpaired) electrons. The third-order valence-electron chi connectivity index (χ3n) is 3.58. The van der Waals surface area contributed by atoms with Gasteiger partial charge in [0.2, 0.25) is 0 Å². The molecule has 2 aromatic heterocycles. The third kappa shape index (κ3) is 5.02. The number of alkyl halides is 3. The minimum atomic E-state index is -4.45. The van der Waals surface area contributed by atoms with Gasteiger partial charge >= 0.3 is 6.18 Å². The molecule has 3 aromatic rings. The number of hydrogen-bond donors (Lipinski definition) is 0. The molecule has 144 valence electrons. The smallest absolute Gasteiger partial charge is 0.271 e. The minimum Gasteiger partial charge on any atom is -0.271 e. The summed E-state index contributed by atoms with van der Waals surface area (Å²) in [6.45, 7) is 1.73. The number of nitrogens with zero attached hydrogens (tertiary/aromatic N) is 7. The van der Waals surface area contributed by atoms with E-state index in [1.54, 1.807) is 13.0 Å². The highest BCUT2D eigenvalue weighted by atomic mass is 19.4. The summed E-state index contributed by atoms with van der Waals surface area (Å²) in [6.07, 6.45) is -0.354. The van der Waals surface area contributed by atoms with E-state index in [9.17, 15) is 18.0 Å². The van der Waals surface area contributed by atoms with Gasteiger partial charge in [-0.2, -0.15) is 18.3 Å². The van der Waals surface area contributed by atoms with Crippen LogP contribution in [0.3, 0.4) is 0 Å². The first-order valence-electron chi connectivity index (χ1n) is 8.10. The van der Waals surface area contributed by atoms with E-state index in [0.717, 1.165) is 12.1 Å². The Morgan fingerprint density at radius 2 is 2.04 bits per heavy atom. The van der Waals surface area contributed by atoms with Crippen molar-refractivity contribution in [2.75, 3.05) is 0 Å². The van der Waals surface area contributed by atoms with Crippen LogP contribution in [-0.4, -0.2) is 30.6 Å². The summed E-state index contributed by atoms with van der Waals surface area (Å²) < 4.78 is 40.3. The van der Waals surface area contributed by atoms with Gasteiger partial charge in [-0.15, -0.1) is 10.2 Å². The second-order valence-electron chi connectivity index (χ2n) is 5.83. The standard InChI is InChI=1S/C17H14F3N7O/c1-11-6-12(8-13(7-11)17(18,19)20)16-23-10-27(26-16)5-3-15(28)25-24-14-2-4-21-9-22-14/h2,4,6-10H,3,5H2,1H3. The van der Waals surface area contributed by atoms with Crippen LogP contribution in [0.4, 0.5) is 19.0 Å². The third-order valence-corrected chi connectivity index (χ3v) is 3.58. The lowest BCUT2D eigenvalue weighted by atomic mass is 10.1. The zero-order valence-electron chi connectivity index (χ0n) is 14.6. The zero-order chi connectivity index (χ0) is 20.1. The lowest BCUT2D eigenvalue weighted by Crippen LogP contribution is -2.06. The van der Waals surface area contributed by atoms with Crippen LogP contribution >= 0.6 is 0 Å². The number of carbonyl (C=O) groups is 1. The van der Waals surface area contributed by atoms with Crippen LogP contribution in [0.15, 0.2) is 53.3 Å². The molecule has 0 atom stereocenters. The molecule has 1 aromatic carbocycles. The van der Waals surface area contributed by atoms with Gasteiger partial charge in [-0.25, -0.2) is 15.0 Å². The molecule has 0 saturated carbocycles. The van der Waals surface area contributed by atoms with Crippen molar-refractivity contribution in [3.63, 3.8) is 0 Å². The van der Waals surface area contributed by atoms with Crippen LogP contribution in [0, 0.1) is 6.92 Å². The quantitative estimate of drug-likeness (QED) is 0.619. The van der Waals surface area contributed by atoms with Crippen LogP contribution in [-0.2, 0) is 17.5 Å². The normalized spacial score (nSPS) is 11.9. The minimum absolute atomic E-state index is 0.000990. The zero-order valence-corrected chi connectivity index (χ0v) is 14.6. The van der Waals surface area contributed by atoms with Crippen LogP contribution in [0.1, 0.15) is 17.5 Å². The van der Waals surface area contributed by atoms with Crippen molar-refractivity contribution in [2.24, 2.45) is 10.2 Å². The van der Waals surface area contributed by atoms with E-state index >= 15 is 0 Å². The van der Waals surface area contributed by atoms with E-state index < -0.39 is 17.6 Å². The largest absolute Gasteiger partial charge is 0.416 e. The summed E-state index contributed by atoms with van der Waals surface area (Å²) in [5.74, 6) is -0.0962. The van der Waals surface area contributed by atoms with Crippen molar-refractivity contribution < 1.29 is 18.0 Å². The van der Waals surface area contributed by atoms with E-state index in [4.69, 9.17) is 0 Å². The summed E-state index contributed by atoms with van der Waals surface area (Å²) in [4.78, 5) is 23.3. The number of carbonyl (C=O) groups excluding carboxylic acids is 1. The fourth-order valence-corrected chi connectivity index (χ4v) is 2.32. The molecule has 0 bridgehead atoms. The maximum absolute atomic E-state index is 13.0. The molecule has 3 rings (SSSR count). The molecule has 0 fully saturated rings. The molecule has 0 aliphatic rings. The second kappa shape index (κ2) is 8.03. The molecule has 0 saturated heterocycles. The highest BCUT2D eigenvalue weighted by Crippen LogP contribution is 2.32. The monoisotopic (exact) mass is 389 g/mol. The van der Waals surface area contributed by atoms with Crippen LogP contribution < -0.4 is 0 Å². The highest BCUT2D eigenvalue weighted by Gasteiger charge is 2.31. The number of benzene rings is 1. The molecule has 0 aliphatic heterocycles. The van der Waals surface area contributed by atoms with Gasteiger partial charge in [-0.3, -0.25) is 9.48 Å². The fraction of sp³-hybridized carbons (Fsp3) is 0.235. The second-order valence-corrected chi connectivity index (χ2v) is 5.83. The molecule has 2 heterocycles. The Balaban J connectivity index is 1.65. The first-order valence-corrected chi connectivity index (χ1v) is 8.10. The van der Waals surface area contributed by atoms with Crippen molar-refractivity contribution in [3.05, 3.63) is 54.2 Å². The number of azo groups is 1. The van der Waals surface area contributed by atoms with Crippen molar-refractivity contribution in [2.45, 2.75) is 26.1 Å². The van der Waals surface area contributed by atoms with Gasteiger partial charge in [0.1, 0.15) is 12.7 Å². The Labute approximate surface area is 157 Å². The molecule has 28 heavy (non-hydrogen) atoms. The van der Waals surface area contributed by atoms with Gasteiger partial charge in [0.15, 0.2) is 11.6 Å². The van der Waals surface area contributed by atoms with E-state index in [1.807, 2.05) is 0 Å². The van der Waals surface area contributed by atoms with Gasteiger partial charge in [0.25, 0.3) is 5.91 Å². The first-order chi connectivity index (χ1) is 13.3. The SMILES string of the molecule is Cc1cc(-c2ncn(CCC(=O)N=Nc3ccncn3)n2)cc(C(F)(F)F)c1. The van der Waals surface area contributed by atoms with Gasteiger partial charge in [0, 0.05) is 17.8 Å². The summed E-state index contributed by atoms with van der Waals surface area (Å²) >= 11 is 0. The molecular weight excluding hydrogens is 375 g/mol. The Morgan fingerprint density at radius 3 is 2.75 bits per heavy atom. The number of halogens is 3. The first kappa shape index (κ1) is 19.3. The van der Waals surface area contributed by atoms with E-state index in [0.29, 0.717) is 5.56 Å². The van der Waals surface area contributed by atoms with E-state index in [-0.39, 0.29) is 30.2 Å². The molecule has 8 nitrogen and oxygen atoms in total. The van der Waals surface area contributed by atoms with Crippen LogP contribution in [0.2, 0.25) is 0 Å². The van der Waals surface area contributed by atoms with Gasteiger partial charge in [0.05, 0.1) is 18.5 Å². The van der Waals surface area contributed by atoms with Crippen LogP contribution in [0.25, 0.3) is 11.4 Å². The molecule has 0 spiro atoms. The Morgan fingerprint density at radius 1 is 1.21 bits per heavy atom. The lowest BCUT2D eigenvalue weighted by molar-refractivity contribution is -0.137. The highest BCUT2D eigenvalue weighted by molar-refractivity contribution is 5.76. The van der Waals surface area contributed by atoms with Gasteiger partial charge in [-0.05, 0) is 30.7 Å². The fourth-order valence-electron chi connectivity index (χ4n) is 2.32. The molecule has 0 unspecified atom stereocenters. The topological polar surface area (TPSA) is 98.3 Å². The predicted molar refractivity (Wildman–Crippen MR) is 91.4 cm³/mol. The van der Waals surface area contributed by atoms with Crippen molar-refractivity contribution in [3.8, 4) is 11.4 Å². The van der Waals surface area contributed by atoms with Gasteiger partial charge < -0.3 is 0 Å².